The van der Waals surface area contributed by atoms with Crippen molar-refractivity contribution in [2.24, 2.45) is 0 Å². The summed E-state index contributed by atoms with van der Waals surface area (Å²) >= 11 is 0. The van der Waals surface area contributed by atoms with Gasteiger partial charge in [0.25, 0.3) is 0 Å². The molecule has 7 nitrogen and oxygen atoms in total. The monoisotopic (exact) mass is 372 g/mol. The van der Waals surface area contributed by atoms with E-state index in [4.69, 9.17) is 18.7 Å². The summed E-state index contributed by atoms with van der Waals surface area (Å²) in [5, 5.41) is 6.92. The normalized spacial score (nSPS) is 10.4. The summed E-state index contributed by atoms with van der Waals surface area (Å²) < 4.78 is 33.8. The summed E-state index contributed by atoms with van der Waals surface area (Å²) in [7, 11) is 4.30. The number of hydrogen-bond donors (Lipinski definition) is 1. The zero-order chi connectivity index (χ0) is 19.4. The van der Waals surface area contributed by atoms with Crippen LogP contribution >= 0.6 is 0 Å². The second-order valence-electron chi connectivity index (χ2n) is 5.43. The van der Waals surface area contributed by atoms with Crippen molar-refractivity contribution >= 4 is 17.5 Å². The Morgan fingerprint density at radius 1 is 1.04 bits per heavy atom. The van der Waals surface area contributed by atoms with Crippen molar-refractivity contribution in [1.29, 1.82) is 0 Å². The third-order valence-electron chi connectivity index (χ3n) is 3.84. The molecular weight excluding hydrogens is 355 g/mol. The Bertz CT molecular complexity index is 953. The van der Waals surface area contributed by atoms with Gasteiger partial charge in [0.1, 0.15) is 11.5 Å². The topological polar surface area (TPSA) is 82.8 Å². The SMILES string of the molecule is COC(=O)c1c(-c2ccc(F)cc2)noc1Nc1ccc(OC)c(OC)c1. The highest BCUT2D eigenvalue weighted by molar-refractivity contribution is 6.01. The Morgan fingerprint density at radius 3 is 2.37 bits per heavy atom. The molecule has 0 aliphatic heterocycles. The summed E-state index contributed by atoms with van der Waals surface area (Å²) in [5.41, 5.74) is 1.43. The number of benzene rings is 2. The average Bonchev–Trinajstić information content (AvgIpc) is 3.11. The maximum atomic E-state index is 13.2. The van der Waals surface area contributed by atoms with Gasteiger partial charge in [-0.15, -0.1) is 0 Å². The largest absolute Gasteiger partial charge is 0.493 e. The molecule has 8 heteroatoms. The summed E-state index contributed by atoms with van der Waals surface area (Å²) in [6.45, 7) is 0. The number of esters is 1. The predicted octanol–water partition coefficient (Wildman–Crippen LogP) is 4.03. The van der Waals surface area contributed by atoms with E-state index in [1.807, 2.05) is 0 Å². The van der Waals surface area contributed by atoms with E-state index in [2.05, 4.69) is 10.5 Å². The summed E-state index contributed by atoms with van der Waals surface area (Å²) in [5.74, 6) is 0.110. The minimum atomic E-state index is -0.640. The number of halogens is 1. The van der Waals surface area contributed by atoms with Crippen molar-refractivity contribution in [3.63, 3.8) is 0 Å². The van der Waals surface area contributed by atoms with Gasteiger partial charge in [-0.1, -0.05) is 5.16 Å². The minimum absolute atomic E-state index is 0.0911. The number of aromatic nitrogens is 1. The Kier molecular flexibility index (Phi) is 5.25. The van der Waals surface area contributed by atoms with E-state index in [9.17, 15) is 9.18 Å². The van der Waals surface area contributed by atoms with Crippen LogP contribution in [0.5, 0.6) is 11.5 Å². The van der Waals surface area contributed by atoms with Crippen LogP contribution in [0.1, 0.15) is 10.4 Å². The molecule has 0 aliphatic carbocycles. The molecule has 0 saturated carbocycles. The van der Waals surface area contributed by atoms with Gasteiger partial charge < -0.3 is 24.1 Å². The third kappa shape index (κ3) is 3.69. The summed E-state index contributed by atoms with van der Waals surface area (Å²) in [6, 6.07) is 10.7. The van der Waals surface area contributed by atoms with E-state index in [1.165, 1.54) is 45.6 Å². The molecule has 0 bridgehead atoms. The molecule has 1 aromatic heterocycles. The van der Waals surface area contributed by atoms with Gasteiger partial charge in [0.05, 0.1) is 21.3 Å². The molecule has 0 unspecified atom stereocenters. The lowest BCUT2D eigenvalue weighted by Gasteiger charge is -2.10. The van der Waals surface area contributed by atoms with E-state index in [0.717, 1.165) is 0 Å². The van der Waals surface area contributed by atoms with E-state index < -0.39 is 11.8 Å². The summed E-state index contributed by atoms with van der Waals surface area (Å²) in [4.78, 5) is 12.3. The van der Waals surface area contributed by atoms with Crippen LogP contribution in [0.25, 0.3) is 11.3 Å². The molecule has 3 rings (SSSR count). The van der Waals surface area contributed by atoms with Gasteiger partial charge in [0.15, 0.2) is 17.1 Å². The lowest BCUT2D eigenvalue weighted by molar-refractivity contribution is 0.0602. The lowest BCUT2D eigenvalue weighted by Crippen LogP contribution is -2.05. The highest BCUT2D eigenvalue weighted by Crippen LogP contribution is 2.34. The van der Waals surface area contributed by atoms with Crippen LogP contribution in [0.4, 0.5) is 16.0 Å². The van der Waals surface area contributed by atoms with E-state index in [-0.39, 0.29) is 17.1 Å². The van der Waals surface area contributed by atoms with Gasteiger partial charge in [-0.2, -0.15) is 0 Å². The van der Waals surface area contributed by atoms with Gasteiger partial charge in [0.2, 0.25) is 5.88 Å². The zero-order valence-corrected chi connectivity index (χ0v) is 14.9. The number of hydrogen-bond acceptors (Lipinski definition) is 7. The summed E-state index contributed by atoms with van der Waals surface area (Å²) in [6.07, 6.45) is 0. The Hall–Kier alpha value is -3.55. The van der Waals surface area contributed by atoms with Crippen LogP contribution in [0.3, 0.4) is 0 Å². The van der Waals surface area contributed by atoms with E-state index in [0.29, 0.717) is 22.7 Å². The molecule has 0 radical (unpaired) electrons. The fourth-order valence-corrected chi connectivity index (χ4v) is 2.52. The number of nitrogens with zero attached hydrogens (tertiary/aromatic N) is 1. The minimum Gasteiger partial charge on any atom is -0.493 e. The van der Waals surface area contributed by atoms with Gasteiger partial charge in [-0.05, 0) is 36.4 Å². The standard InChI is InChI=1S/C19H17FN2O5/c1-24-14-9-8-13(10-15(14)25-2)21-18-16(19(23)26-3)17(22-27-18)11-4-6-12(20)7-5-11/h4-10,21H,1-3H3. The molecule has 1 N–H and O–H groups in total. The molecule has 1 heterocycles. The van der Waals surface area contributed by atoms with Gasteiger partial charge in [0, 0.05) is 17.3 Å². The molecule has 3 aromatic rings. The predicted molar refractivity (Wildman–Crippen MR) is 96.1 cm³/mol. The van der Waals surface area contributed by atoms with Crippen molar-refractivity contribution in [2.75, 3.05) is 26.6 Å². The first-order chi connectivity index (χ1) is 13.1. The van der Waals surface area contributed by atoms with Gasteiger partial charge in [-0.25, -0.2) is 9.18 Å². The fourth-order valence-electron chi connectivity index (χ4n) is 2.52. The number of methoxy groups -OCH3 is 3. The first-order valence-corrected chi connectivity index (χ1v) is 7.90. The van der Waals surface area contributed by atoms with E-state index >= 15 is 0 Å². The molecule has 0 aliphatic rings. The zero-order valence-electron chi connectivity index (χ0n) is 14.9. The first kappa shape index (κ1) is 18.2. The Labute approximate surface area is 154 Å². The molecule has 0 saturated heterocycles. The van der Waals surface area contributed by atoms with Crippen LogP contribution in [-0.2, 0) is 4.74 Å². The molecule has 27 heavy (non-hydrogen) atoms. The van der Waals surface area contributed by atoms with Crippen molar-refractivity contribution in [3.05, 3.63) is 53.8 Å². The maximum Gasteiger partial charge on any atom is 0.345 e. The van der Waals surface area contributed by atoms with Crippen LogP contribution in [-0.4, -0.2) is 32.5 Å². The second-order valence-corrected chi connectivity index (χ2v) is 5.43. The first-order valence-electron chi connectivity index (χ1n) is 7.90. The van der Waals surface area contributed by atoms with Crippen LogP contribution < -0.4 is 14.8 Å². The molecule has 0 amide bonds. The third-order valence-corrected chi connectivity index (χ3v) is 3.84. The van der Waals surface area contributed by atoms with Crippen molar-refractivity contribution in [2.45, 2.75) is 0 Å². The van der Waals surface area contributed by atoms with Crippen LogP contribution in [0.2, 0.25) is 0 Å². The molecule has 0 spiro atoms. The van der Waals surface area contributed by atoms with Gasteiger partial charge >= 0.3 is 5.97 Å². The highest BCUT2D eigenvalue weighted by atomic mass is 19.1. The Balaban J connectivity index is 2.01. The number of carbonyl (C=O) groups excluding carboxylic acids is 1. The number of anilines is 2. The second kappa shape index (κ2) is 7.77. The molecule has 140 valence electrons. The highest BCUT2D eigenvalue weighted by Gasteiger charge is 2.25. The van der Waals surface area contributed by atoms with Crippen LogP contribution in [0.15, 0.2) is 47.0 Å². The Morgan fingerprint density at radius 2 is 1.74 bits per heavy atom. The van der Waals surface area contributed by atoms with Crippen LogP contribution in [0, 0.1) is 5.82 Å². The lowest BCUT2D eigenvalue weighted by atomic mass is 10.1. The quantitative estimate of drug-likeness (QED) is 0.654. The van der Waals surface area contributed by atoms with Crippen molar-refractivity contribution in [3.8, 4) is 22.8 Å². The van der Waals surface area contributed by atoms with Crippen molar-refractivity contribution in [1.82, 2.24) is 5.16 Å². The smallest absolute Gasteiger partial charge is 0.345 e. The molecule has 0 atom stereocenters. The molecule has 2 aromatic carbocycles. The molecule has 0 fully saturated rings. The number of carbonyl (C=O) groups is 1. The van der Waals surface area contributed by atoms with Crippen molar-refractivity contribution < 1.29 is 27.9 Å². The number of rotatable bonds is 6. The fraction of sp³-hybridized carbons (Fsp3) is 0.158. The molecular formula is C19H17FN2O5. The van der Waals surface area contributed by atoms with E-state index in [1.54, 1.807) is 18.2 Å². The van der Waals surface area contributed by atoms with Gasteiger partial charge in [-0.3, -0.25) is 0 Å². The number of nitrogens with one attached hydrogen (secondary N) is 1. The average molecular weight is 372 g/mol. The number of ether oxygens (including phenoxy) is 3. The maximum absolute atomic E-state index is 13.2.